The van der Waals surface area contributed by atoms with Gasteiger partial charge in [0, 0.05) is 11.7 Å². The fraction of sp³-hybridized carbons (Fsp3) is 0.294. The van der Waals surface area contributed by atoms with Crippen LogP contribution in [0, 0.1) is 6.92 Å². The molecule has 2 aromatic rings. The summed E-state index contributed by atoms with van der Waals surface area (Å²) >= 11 is 0. The molecule has 1 heteroatoms. The lowest BCUT2D eigenvalue weighted by atomic mass is 9.94. The van der Waals surface area contributed by atoms with Gasteiger partial charge in [-0.15, -0.1) is 0 Å². The van der Waals surface area contributed by atoms with E-state index in [-0.39, 0.29) is 0 Å². The number of hydrogen-bond donors (Lipinski definition) is 1. The first-order chi connectivity index (χ1) is 8.72. The van der Waals surface area contributed by atoms with E-state index >= 15 is 0 Å². The highest BCUT2D eigenvalue weighted by atomic mass is 14.9. The first kappa shape index (κ1) is 11.3. The van der Waals surface area contributed by atoms with Crippen molar-refractivity contribution in [3.05, 3.63) is 53.6 Å². The summed E-state index contributed by atoms with van der Waals surface area (Å²) in [6, 6.07) is 16.1. The summed E-state index contributed by atoms with van der Waals surface area (Å²) in [6.45, 7) is 4.39. The number of aryl methyl sites for hydroxylation is 2. The van der Waals surface area contributed by atoms with E-state index in [4.69, 9.17) is 0 Å². The van der Waals surface area contributed by atoms with Gasteiger partial charge in [0.1, 0.15) is 0 Å². The fourth-order valence-electron chi connectivity index (χ4n) is 2.66. The molecular weight excluding hydrogens is 218 g/mol. The number of fused-ring (bicyclic) bond motifs is 1. The molecule has 1 unspecified atom stereocenters. The van der Waals surface area contributed by atoms with Crippen molar-refractivity contribution in [1.82, 2.24) is 0 Å². The van der Waals surface area contributed by atoms with E-state index in [1.807, 2.05) is 0 Å². The molecule has 1 nitrogen and oxygen atoms in total. The molecule has 0 saturated heterocycles. The highest BCUT2D eigenvalue weighted by molar-refractivity contribution is 5.69. The topological polar surface area (TPSA) is 12.0 Å². The molecule has 1 N–H and O–H groups in total. The summed E-state index contributed by atoms with van der Waals surface area (Å²) in [5.41, 5.74) is 6.72. The second-order valence-corrected chi connectivity index (χ2v) is 5.33. The summed E-state index contributed by atoms with van der Waals surface area (Å²) in [5, 5.41) is 3.55. The van der Waals surface area contributed by atoms with Crippen LogP contribution in [0.15, 0.2) is 42.5 Å². The first-order valence-electron chi connectivity index (χ1n) is 6.69. The van der Waals surface area contributed by atoms with Crippen LogP contribution >= 0.6 is 0 Å². The van der Waals surface area contributed by atoms with E-state index in [0.717, 1.165) is 0 Å². The second-order valence-electron chi connectivity index (χ2n) is 5.33. The molecule has 0 amide bonds. The molecule has 0 spiro atoms. The van der Waals surface area contributed by atoms with Gasteiger partial charge >= 0.3 is 0 Å². The minimum Gasteiger partial charge on any atom is -0.382 e. The molecule has 1 atom stereocenters. The van der Waals surface area contributed by atoms with E-state index in [0.29, 0.717) is 6.04 Å². The van der Waals surface area contributed by atoms with E-state index in [2.05, 4.69) is 61.6 Å². The smallest absolute Gasteiger partial charge is 0.0375 e. The standard InChI is InChI=1S/C17H19N/c1-12-4-3-5-14(10-12)15-8-9-17-16(11-15)7-6-13(2)18-17/h3-5,8-11,13,18H,6-7H2,1-2H3. The van der Waals surface area contributed by atoms with E-state index < -0.39 is 0 Å². The van der Waals surface area contributed by atoms with Crippen LogP contribution in [0.25, 0.3) is 11.1 Å². The predicted molar refractivity (Wildman–Crippen MR) is 78.0 cm³/mol. The lowest BCUT2D eigenvalue weighted by Crippen LogP contribution is -2.21. The fourth-order valence-corrected chi connectivity index (χ4v) is 2.66. The van der Waals surface area contributed by atoms with Gasteiger partial charge in [-0.25, -0.2) is 0 Å². The zero-order valence-electron chi connectivity index (χ0n) is 11.0. The van der Waals surface area contributed by atoms with Gasteiger partial charge in [0.2, 0.25) is 0 Å². The third-order valence-electron chi connectivity index (χ3n) is 3.71. The summed E-state index contributed by atoms with van der Waals surface area (Å²) in [7, 11) is 0. The van der Waals surface area contributed by atoms with Crippen molar-refractivity contribution in [2.75, 3.05) is 5.32 Å². The summed E-state index contributed by atoms with van der Waals surface area (Å²) in [6.07, 6.45) is 2.41. The molecule has 0 aliphatic carbocycles. The second kappa shape index (κ2) is 4.49. The Bertz CT molecular complexity index is 572. The Balaban J connectivity index is 2.00. The van der Waals surface area contributed by atoms with Crippen LogP contribution in [0.1, 0.15) is 24.5 Å². The van der Waals surface area contributed by atoms with Crippen molar-refractivity contribution in [3.63, 3.8) is 0 Å². The Labute approximate surface area is 109 Å². The highest BCUT2D eigenvalue weighted by Crippen LogP contribution is 2.30. The molecule has 0 aromatic heterocycles. The molecule has 1 aliphatic heterocycles. The minimum atomic E-state index is 0.599. The van der Waals surface area contributed by atoms with Crippen molar-refractivity contribution in [3.8, 4) is 11.1 Å². The number of hydrogen-bond acceptors (Lipinski definition) is 1. The molecule has 2 aromatic carbocycles. The van der Waals surface area contributed by atoms with Crippen LogP contribution in [-0.4, -0.2) is 6.04 Å². The molecule has 0 radical (unpaired) electrons. The van der Waals surface area contributed by atoms with Gasteiger partial charge in [0.05, 0.1) is 0 Å². The van der Waals surface area contributed by atoms with Crippen molar-refractivity contribution < 1.29 is 0 Å². The predicted octanol–water partition coefficient (Wildman–Crippen LogP) is 4.41. The van der Waals surface area contributed by atoms with E-state index in [1.165, 1.54) is 40.8 Å². The van der Waals surface area contributed by atoms with Crippen LogP contribution in [-0.2, 0) is 6.42 Å². The average molecular weight is 237 g/mol. The summed E-state index contributed by atoms with van der Waals surface area (Å²) < 4.78 is 0. The summed E-state index contributed by atoms with van der Waals surface area (Å²) in [5.74, 6) is 0. The van der Waals surface area contributed by atoms with E-state index in [9.17, 15) is 0 Å². The first-order valence-corrected chi connectivity index (χ1v) is 6.69. The molecular formula is C17H19N. The molecule has 0 saturated carbocycles. The van der Waals surface area contributed by atoms with Gasteiger partial charge in [-0.05, 0) is 55.5 Å². The maximum atomic E-state index is 3.55. The van der Waals surface area contributed by atoms with Gasteiger partial charge in [-0.3, -0.25) is 0 Å². The highest BCUT2D eigenvalue weighted by Gasteiger charge is 2.14. The quantitative estimate of drug-likeness (QED) is 0.774. The molecule has 0 bridgehead atoms. The zero-order chi connectivity index (χ0) is 12.5. The summed E-state index contributed by atoms with van der Waals surface area (Å²) in [4.78, 5) is 0. The minimum absolute atomic E-state index is 0.599. The van der Waals surface area contributed by atoms with Gasteiger partial charge in [-0.1, -0.05) is 35.9 Å². The normalized spacial score (nSPS) is 18.0. The third kappa shape index (κ3) is 2.13. The average Bonchev–Trinajstić information content (AvgIpc) is 2.38. The Morgan fingerprint density at radius 3 is 2.72 bits per heavy atom. The van der Waals surface area contributed by atoms with Gasteiger partial charge in [0.15, 0.2) is 0 Å². The third-order valence-corrected chi connectivity index (χ3v) is 3.71. The molecule has 18 heavy (non-hydrogen) atoms. The Morgan fingerprint density at radius 1 is 1.06 bits per heavy atom. The van der Waals surface area contributed by atoms with Crippen LogP contribution in [0.4, 0.5) is 5.69 Å². The Hall–Kier alpha value is -1.76. The van der Waals surface area contributed by atoms with Crippen LogP contribution < -0.4 is 5.32 Å². The van der Waals surface area contributed by atoms with Crippen LogP contribution in [0.3, 0.4) is 0 Å². The van der Waals surface area contributed by atoms with Gasteiger partial charge in [0.25, 0.3) is 0 Å². The van der Waals surface area contributed by atoms with Gasteiger partial charge in [-0.2, -0.15) is 0 Å². The lowest BCUT2D eigenvalue weighted by molar-refractivity contribution is 0.681. The number of anilines is 1. The van der Waals surface area contributed by atoms with Crippen molar-refractivity contribution >= 4 is 5.69 Å². The Morgan fingerprint density at radius 2 is 1.89 bits per heavy atom. The molecule has 0 fully saturated rings. The maximum absolute atomic E-state index is 3.55. The van der Waals surface area contributed by atoms with Crippen LogP contribution in [0.2, 0.25) is 0 Å². The number of nitrogens with one attached hydrogen (secondary N) is 1. The SMILES string of the molecule is Cc1cccc(-c2ccc3c(c2)CCC(C)N3)c1. The van der Waals surface area contributed by atoms with Crippen molar-refractivity contribution in [2.45, 2.75) is 32.7 Å². The monoisotopic (exact) mass is 237 g/mol. The molecule has 92 valence electrons. The largest absolute Gasteiger partial charge is 0.382 e. The maximum Gasteiger partial charge on any atom is 0.0375 e. The number of benzene rings is 2. The van der Waals surface area contributed by atoms with E-state index in [1.54, 1.807) is 0 Å². The van der Waals surface area contributed by atoms with Crippen molar-refractivity contribution in [2.24, 2.45) is 0 Å². The van der Waals surface area contributed by atoms with Gasteiger partial charge < -0.3 is 5.32 Å². The Kier molecular flexibility index (Phi) is 2.83. The van der Waals surface area contributed by atoms with Crippen LogP contribution in [0.5, 0.6) is 0 Å². The number of rotatable bonds is 1. The van der Waals surface area contributed by atoms with Crippen molar-refractivity contribution in [1.29, 1.82) is 0 Å². The molecule has 3 rings (SSSR count). The molecule has 1 heterocycles. The molecule has 1 aliphatic rings. The zero-order valence-corrected chi connectivity index (χ0v) is 11.0. The lowest BCUT2D eigenvalue weighted by Gasteiger charge is -2.24.